The Balaban J connectivity index is 1.52. The van der Waals surface area contributed by atoms with E-state index in [-0.39, 0.29) is 30.3 Å². The molecule has 0 bridgehead atoms. The number of rotatable bonds is 7. The van der Waals surface area contributed by atoms with Crippen LogP contribution in [0.4, 0.5) is 0 Å². The summed E-state index contributed by atoms with van der Waals surface area (Å²) < 4.78 is 5.46. The third kappa shape index (κ3) is 5.33. The van der Waals surface area contributed by atoms with Crippen LogP contribution in [-0.4, -0.2) is 27.9 Å². The number of amides is 1. The number of aromatic nitrogens is 2. The van der Waals surface area contributed by atoms with Gasteiger partial charge < -0.3 is 15.0 Å². The van der Waals surface area contributed by atoms with E-state index in [9.17, 15) is 14.4 Å². The number of ether oxygens (including phenoxy) is 1. The van der Waals surface area contributed by atoms with Crippen molar-refractivity contribution in [2.75, 3.05) is 0 Å². The Morgan fingerprint density at radius 3 is 2.39 bits per heavy atom. The predicted octanol–water partition coefficient (Wildman–Crippen LogP) is 3.32. The van der Waals surface area contributed by atoms with Gasteiger partial charge in [0, 0.05) is 12.0 Å². The van der Waals surface area contributed by atoms with Crippen LogP contribution >= 0.6 is 0 Å². The molecule has 1 heterocycles. The molecule has 0 aliphatic rings. The second-order valence-electron chi connectivity index (χ2n) is 7.67. The van der Waals surface area contributed by atoms with E-state index in [4.69, 9.17) is 4.74 Å². The lowest BCUT2D eigenvalue weighted by molar-refractivity contribution is -0.147. The van der Waals surface area contributed by atoms with E-state index < -0.39 is 12.0 Å². The maximum atomic E-state index is 12.9. The molecule has 0 radical (unpaired) electrons. The molecule has 1 amide bonds. The number of carbonyl (C=O) groups excluding carboxylic acids is 2. The molecule has 33 heavy (non-hydrogen) atoms. The number of fused-ring (bicyclic) bond motifs is 1. The van der Waals surface area contributed by atoms with E-state index in [1.807, 2.05) is 49.4 Å². The molecule has 0 aliphatic heterocycles. The highest BCUT2D eigenvalue weighted by atomic mass is 16.5. The summed E-state index contributed by atoms with van der Waals surface area (Å²) in [6, 6.07) is 22.5. The van der Waals surface area contributed by atoms with Crippen LogP contribution in [0.3, 0.4) is 0 Å². The quantitative estimate of drug-likeness (QED) is 0.429. The zero-order valence-corrected chi connectivity index (χ0v) is 18.1. The van der Waals surface area contributed by atoms with E-state index in [2.05, 4.69) is 15.3 Å². The summed E-state index contributed by atoms with van der Waals surface area (Å²) in [6.07, 6.45) is 0.263. The molecule has 7 heteroatoms. The molecule has 1 aromatic heterocycles. The lowest BCUT2D eigenvalue weighted by Gasteiger charge is -2.18. The molecule has 0 saturated carbocycles. The fraction of sp³-hybridized carbons (Fsp3) is 0.154. The highest BCUT2D eigenvalue weighted by Gasteiger charge is 2.24. The Labute approximate surface area is 190 Å². The fourth-order valence-corrected chi connectivity index (χ4v) is 3.53. The molecule has 0 saturated heterocycles. The second-order valence-corrected chi connectivity index (χ2v) is 7.67. The van der Waals surface area contributed by atoms with Crippen LogP contribution in [0, 0.1) is 6.92 Å². The van der Waals surface area contributed by atoms with Crippen LogP contribution in [0.15, 0.2) is 83.7 Å². The van der Waals surface area contributed by atoms with Crippen LogP contribution in [0.5, 0.6) is 0 Å². The summed E-state index contributed by atoms with van der Waals surface area (Å²) in [5.41, 5.74) is 2.43. The van der Waals surface area contributed by atoms with Gasteiger partial charge in [-0.1, -0.05) is 60.7 Å². The van der Waals surface area contributed by atoms with Crippen LogP contribution in [0.1, 0.15) is 27.3 Å². The molecule has 7 nitrogen and oxygen atoms in total. The monoisotopic (exact) mass is 441 g/mol. The van der Waals surface area contributed by atoms with Crippen molar-refractivity contribution in [3.8, 4) is 0 Å². The SMILES string of the molecule is Cc1cccc2c(=O)[nH]c(COC(=O)C(Cc3ccccc3)NC(=O)c3ccccc3)nc12. The Hall–Kier alpha value is -4.26. The minimum absolute atomic E-state index is 0.217. The van der Waals surface area contributed by atoms with Crippen LogP contribution in [0.2, 0.25) is 0 Å². The molecule has 0 spiro atoms. The van der Waals surface area contributed by atoms with Gasteiger partial charge in [0.1, 0.15) is 18.5 Å². The van der Waals surface area contributed by atoms with Crippen molar-refractivity contribution >= 4 is 22.8 Å². The molecule has 1 atom stereocenters. The van der Waals surface area contributed by atoms with Gasteiger partial charge in [-0.2, -0.15) is 0 Å². The van der Waals surface area contributed by atoms with E-state index in [0.29, 0.717) is 16.5 Å². The summed E-state index contributed by atoms with van der Waals surface area (Å²) in [7, 11) is 0. The van der Waals surface area contributed by atoms with Crippen LogP contribution < -0.4 is 10.9 Å². The summed E-state index contributed by atoms with van der Waals surface area (Å²) in [6.45, 7) is 1.64. The van der Waals surface area contributed by atoms with Crippen molar-refractivity contribution < 1.29 is 14.3 Å². The zero-order valence-electron chi connectivity index (χ0n) is 18.1. The number of aryl methyl sites for hydroxylation is 1. The van der Waals surface area contributed by atoms with Crippen molar-refractivity contribution in [1.29, 1.82) is 0 Å². The molecule has 1 unspecified atom stereocenters. The molecule has 2 N–H and O–H groups in total. The Bertz CT molecular complexity index is 1330. The van der Waals surface area contributed by atoms with Gasteiger partial charge in [0.2, 0.25) is 0 Å². The lowest BCUT2D eigenvalue weighted by atomic mass is 10.1. The van der Waals surface area contributed by atoms with Crippen LogP contribution in [-0.2, 0) is 22.6 Å². The number of hydrogen-bond donors (Lipinski definition) is 2. The molecule has 166 valence electrons. The lowest BCUT2D eigenvalue weighted by Crippen LogP contribution is -2.43. The summed E-state index contributed by atoms with van der Waals surface area (Å²) in [4.78, 5) is 45.1. The van der Waals surface area contributed by atoms with Gasteiger partial charge in [-0.3, -0.25) is 9.59 Å². The third-order valence-corrected chi connectivity index (χ3v) is 5.25. The van der Waals surface area contributed by atoms with E-state index in [1.165, 1.54) is 0 Å². The Morgan fingerprint density at radius 1 is 0.970 bits per heavy atom. The van der Waals surface area contributed by atoms with Gasteiger partial charge in [-0.25, -0.2) is 9.78 Å². The van der Waals surface area contributed by atoms with Gasteiger partial charge in [0.25, 0.3) is 11.5 Å². The van der Waals surface area contributed by atoms with Gasteiger partial charge >= 0.3 is 5.97 Å². The van der Waals surface area contributed by atoms with Crippen LogP contribution in [0.25, 0.3) is 10.9 Å². The second kappa shape index (κ2) is 9.91. The number of nitrogens with zero attached hydrogens (tertiary/aromatic N) is 1. The van der Waals surface area contributed by atoms with Crippen molar-refractivity contribution in [1.82, 2.24) is 15.3 Å². The average Bonchev–Trinajstić information content (AvgIpc) is 2.84. The maximum absolute atomic E-state index is 12.9. The number of hydrogen-bond acceptors (Lipinski definition) is 5. The number of nitrogens with one attached hydrogen (secondary N) is 2. The van der Waals surface area contributed by atoms with Gasteiger partial charge in [0.05, 0.1) is 10.9 Å². The first kappa shape index (κ1) is 22.0. The first-order valence-electron chi connectivity index (χ1n) is 10.6. The Morgan fingerprint density at radius 2 is 1.67 bits per heavy atom. The Kier molecular flexibility index (Phi) is 6.59. The maximum Gasteiger partial charge on any atom is 0.329 e. The van der Waals surface area contributed by atoms with Gasteiger partial charge in [-0.15, -0.1) is 0 Å². The summed E-state index contributed by atoms with van der Waals surface area (Å²) >= 11 is 0. The van der Waals surface area contributed by atoms with E-state index >= 15 is 0 Å². The summed E-state index contributed by atoms with van der Waals surface area (Å²) in [5, 5.41) is 3.24. The number of aromatic amines is 1. The number of para-hydroxylation sites is 1. The van der Waals surface area contributed by atoms with E-state index in [1.54, 1.807) is 36.4 Å². The molecule has 0 aliphatic carbocycles. The largest absolute Gasteiger partial charge is 0.456 e. The van der Waals surface area contributed by atoms with Crippen molar-refractivity contribution in [2.24, 2.45) is 0 Å². The van der Waals surface area contributed by atoms with Crippen molar-refractivity contribution in [3.63, 3.8) is 0 Å². The van der Waals surface area contributed by atoms with Crippen molar-refractivity contribution in [2.45, 2.75) is 26.0 Å². The topological polar surface area (TPSA) is 101 Å². The average molecular weight is 441 g/mol. The molecule has 4 aromatic rings. The first-order valence-corrected chi connectivity index (χ1v) is 10.6. The third-order valence-electron chi connectivity index (χ3n) is 5.25. The number of carbonyl (C=O) groups is 2. The van der Waals surface area contributed by atoms with E-state index in [0.717, 1.165) is 11.1 Å². The smallest absolute Gasteiger partial charge is 0.329 e. The molecular formula is C26H23N3O4. The van der Waals surface area contributed by atoms with Crippen molar-refractivity contribution in [3.05, 3.63) is 112 Å². The standard InChI is InChI=1S/C26H23N3O4/c1-17-9-8-14-20-23(17)28-22(29-25(20)31)16-33-26(32)21(15-18-10-4-2-5-11-18)27-24(30)19-12-6-3-7-13-19/h2-14,21H,15-16H2,1H3,(H,27,30)(H,28,29,31). The molecular weight excluding hydrogens is 418 g/mol. The highest BCUT2D eigenvalue weighted by molar-refractivity contribution is 5.96. The number of H-pyrrole nitrogens is 1. The minimum atomic E-state index is -0.908. The first-order chi connectivity index (χ1) is 16.0. The predicted molar refractivity (Wildman–Crippen MR) is 125 cm³/mol. The minimum Gasteiger partial charge on any atom is -0.456 e. The molecule has 0 fully saturated rings. The van der Waals surface area contributed by atoms with Gasteiger partial charge in [0.15, 0.2) is 0 Å². The highest BCUT2D eigenvalue weighted by Crippen LogP contribution is 2.13. The zero-order chi connectivity index (χ0) is 23.2. The number of esters is 1. The molecule has 4 rings (SSSR count). The summed E-state index contributed by atoms with van der Waals surface area (Å²) in [5.74, 6) is -0.750. The fourth-order valence-electron chi connectivity index (χ4n) is 3.53. The normalized spacial score (nSPS) is 11.7. The number of benzene rings is 3. The van der Waals surface area contributed by atoms with Gasteiger partial charge in [-0.05, 0) is 36.2 Å². The molecule has 3 aromatic carbocycles.